The van der Waals surface area contributed by atoms with Crippen LogP contribution in [0.25, 0.3) is 11.8 Å². The number of hydrogen-bond acceptors (Lipinski definition) is 2. The van der Waals surface area contributed by atoms with Crippen LogP contribution >= 0.6 is 27.5 Å². The van der Waals surface area contributed by atoms with Crippen LogP contribution in [-0.2, 0) is 0 Å². The van der Waals surface area contributed by atoms with Crippen molar-refractivity contribution in [3.63, 3.8) is 0 Å². The second kappa shape index (κ2) is 7.11. The number of benzene rings is 2. The molecule has 0 aliphatic rings. The van der Waals surface area contributed by atoms with Crippen molar-refractivity contribution < 1.29 is 9.18 Å². The van der Waals surface area contributed by atoms with Crippen molar-refractivity contribution in [2.45, 2.75) is 0 Å². The lowest BCUT2D eigenvalue weighted by Crippen LogP contribution is -2.08. The van der Waals surface area contributed by atoms with Crippen LogP contribution in [0.3, 0.4) is 0 Å². The third-order valence-electron chi connectivity index (χ3n) is 3.37. The van der Waals surface area contributed by atoms with Crippen molar-refractivity contribution in [1.82, 2.24) is 9.55 Å². The third-order valence-corrected chi connectivity index (χ3v) is 4.23. The number of allylic oxidation sites excluding steroid dienone is 1. The van der Waals surface area contributed by atoms with Gasteiger partial charge < -0.3 is 4.57 Å². The van der Waals surface area contributed by atoms with Gasteiger partial charge in [0.2, 0.25) is 5.78 Å². The molecule has 2 aromatic carbocycles. The Kier molecular flexibility index (Phi) is 4.92. The fraction of sp³-hybridized carbons (Fsp3) is 0. The zero-order chi connectivity index (χ0) is 17.1. The quantitative estimate of drug-likeness (QED) is 0.435. The van der Waals surface area contributed by atoms with Gasteiger partial charge in [0.25, 0.3) is 0 Å². The highest BCUT2D eigenvalue weighted by molar-refractivity contribution is 9.10. The number of imidazole rings is 1. The minimum absolute atomic E-state index is 0.190. The Morgan fingerprint density at radius 3 is 2.58 bits per heavy atom. The Bertz CT molecular complexity index is 905. The first-order chi connectivity index (χ1) is 11.5. The lowest BCUT2D eigenvalue weighted by molar-refractivity contribution is 0.105. The van der Waals surface area contributed by atoms with E-state index in [0.717, 1.165) is 0 Å². The molecular weight excluding hydrogens is 395 g/mol. The lowest BCUT2D eigenvalue weighted by Gasteiger charge is -2.09. The van der Waals surface area contributed by atoms with E-state index in [1.165, 1.54) is 12.4 Å². The van der Waals surface area contributed by atoms with E-state index in [2.05, 4.69) is 20.9 Å². The van der Waals surface area contributed by atoms with Crippen molar-refractivity contribution >= 4 is 45.1 Å². The summed E-state index contributed by atoms with van der Waals surface area (Å²) in [4.78, 5) is 16.9. The number of carbonyl (C=O) groups is 1. The lowest BCUT2D eigenvalue weighted by atomic mass is 10.1. The largest absolute Gasteiger partial charge is 0.303 e. The van der Waals surface area contributed by atoms with Crippen LogP contribution < -0.4 is 0 Å². The Hall–Kier alpha value is -2.24. The van der Waals surface area contributed by atoms with Gasteiger partial charge in [-0.1, -0.05) is 17.7 Å². The Morgan fingerprint density at radius 1 is 1.21 bits per heavy atom. The van der Waals surface area contributed by atoms with Gasteiger partial charge in [0.1, 0.15) is 5.82 Å². The zero-order valence-corrected chi connectivity index (χ0v) is 14.6. The first kappa shape index (κ1) is 16.6. The molecule has 0 amide bonds. The minimum atomic E-state index is -0.361. The normalized spacial score (nSPS) is 11.5. The van der Waals surface area contributed by atoms with Crippen LogP contribution in [-0.4, -0.2) is 15.3 Å². The van der Waals surface area contributed by atoms with E-state index in [9.17, 15) is 9.18 Å². The molecule has 3 aromatic rings. The second-order valence-corrected chi connectivity index (χ2v) is 6.30. The molecule has 0 radical (unpaired) electrons. The van der Waals surface area contributed by atoms with Crippen LogP contribution in [0, 0.1) is 5.82 Å². The molecule has 3 rings (SSSR count). The number of rotatable bonds is 4. The molecule has 0 atom stereocenters. The van der Waals surface area contributed by atoms with Gasteiger partial charge in [-0.3, -0.25) is 4.79 Å². The number of ketones is 1. The van der Waals surface area contributed by atoms with Crippen molar-refractivity contribution in [3.8, 4) is 0 Å². The van der Waals surface area contributed by atoms with Gasteiger partial charge in [-0.05, 0) is 64.0 Å². The maximum absolute atomic E-state index is 13.4. The minimum Gasteiger partial charge on any atom is -0.303 e. The van der Waals surface area contributed by atoms with E-state index < -0.39 is 0 Å². The molecule has 3 nitrogen and oxygen atoms in total. The highest BCUT2D eigenvalue weighted by Gasteiger charge is 2.14. The Labute approximate surface area is 151 Å². The van der Waals surface area contributed by atoms with E-state index in [0.29, 0.717) is 26.3 Å². The summed E-state index contributed by atoms with van der Waals surface area (Å²) < 4.78 is 15.4. The predicted molar refractivity (Wildman–Crippen MR) is 96.3 cm³/mol. The molecule has 0 aliphatic heterocycles. The monoisotopic (exact) mass is 404 g/mol. The smallest absolute Gasteiger partial charge is 0.209 e. The highest BCUT2D eigenvalue weighted by atomic mass is 79.9. The van der Waals surface area contributed by atoms with Gasteiger partial charge in [-0.25, -0.2) is 9.37 Å². The molecule has 0 aliphatic carbocycles. The first-order valence-corrected chi connectivity index (χ1v) is 8.17. The molecule has 0 saturated carbocycles. The molecule has 0 unspecified atom stereocenters. The van der Waals surface area contributed by atoms with Crippen LogP contribution in [0.4, 0.5) is 4.39 Å². The molecule has 24 heavy (non-hydrogen) atoms. The predicted octanol–water partition coefficient (Wildman–Crippen LogP) is 5.32. The highest BCUT2D eigenvalue weighted by Crippen LogP contribution is 2.22. The average Bonchev–Trinajstić information content (AvgIpc) is 3.10. The molecule has 0 saturated heterocycles. The number of aromatic nitrogens is 2. The number of halogens is 3. The molecule has 0 spiro atoms. The molecule has 6 heteroatoms. The molecular formula is C18H11BrClFN2O. The number of hydrogen-bond donors (Lipinski definition) is 0. The summed E-state index contributed by atoms with van der Waals surface area (Å²) in [7, 11) is 0. The average molecular weight is 406 g/mol. The second-order valence-electron chi connectivity index (χ2n) is 5.01. The topological polar surface area (TPSA) is 34.9 Å². The van der Waals surface area contributed by atoms with Gasteiger partial charge in [0, 0.05) is 23.0 Å². The van der Waals surface area contributed by atoms with Crippen LogP contribution in [0.15, 0.2) is 65.7 Å². The van der Waals surface area contributed by atoms with Gasteiger partial charge in [0.15, 0.2) is 0 Å². The molecule has 0 N–H and O–H groups in total. The summed E-state index contributed by atoms with van der Waals surface area (Å²) in [6, 6.07) is 11.2. The molecule has 1 heterocycles. The van der Waals surface area contributed by atoms with Gasteiger partial charge >= 0.3 is 0 Å². The summed E-state index contributed by atoms with van der Waals surface area (Å²) in [6.07, 6.45) is 6.49. The third kappa shape index (κ3) is 3.63. The number of carbonyl (C=O) groups excluding carboxylic acids is 1. The van der Waals surface area contributed by atoms with Crippen LogP contribution in [0.2, 0.25) is 5.02 Å². The van der Waals surface area contributed by atoms with Crippen LogP contribution in [0.1, 0.15) is 15.9 Å². The van der Waals surface area contributed by atoms with E-state index in [1.807, 2.05) is 0 Å². The van der Waals surface area contributed by atoms with Crippen molar-refractivity contribution in [2.75, 3.05) is 0 Å². The van der Waals surface area contributed by atoms with E-state index >= 15 is 0 Å². The summed E-state index contributed by atoms with van der Waals surface area (Å²) in [5.41, 5.74) is 1.59. The summed E-state index contributed by atoms with van der Waals surface area (Å²) >= 11 is 9.03. The molecule has 1 aromatic heterocycles. The van der Waals surface area contributed by atoms with Crippen LogP contribution in [0.5, 0.6) is 0 Å². The van der Waals surface area contributed by atoms with Crippen molar-refractivity contribution in [1.29, 1.82) is 0 Å². The fourth-order valence-electron chi connectivity index (χ4n) is 2.17. The van der Waals surface area contributed by atoms with Gasteiger partial charge in [-0.15, -0.1) is 0 Å². The SMILES string of the molecule is O=C(C(=Cc1ccc(F)c(Br)c1)n1ccnc1)c1ccc(Cl)cc1. The fourth-order valence-corrected chi connectivity index (χ4v) is 2.69. The Morgan fingerprint density at radius 2 is 1.96 bits per heavy atom. The van der Waals surface area contributed by atoms with E-state index in [1.54, 1.807) is 59.4 Å². The molecule has 0 fully saturated rings. The summed E-state index contributed by atoms with van der Waals surface area (Å²) in [5.74, 6) is -0.550. The van der Waals surface area contributed by atoms with Crippen molar-refractivity contribution in [2.24, 2.45) is 0 Å². The number of nitrogens with zero attached hydrogens (tertiary/aromatic N) is 2. The first-order valence-electron chi connectivity index (χ1n) is 7.00. The molecule has 0 bridgehead atoms. The van der Waals surface area contributed by atoms with Gasteiger partial charge in [0.05, 0.1) is 16.5 Å². The summed E-state index contributed by atoms with van der Waals surface area (Å²) in [5, 5.41) is 0.558. The zero-order valence-electron chi connectivity index (χ0n) is 12.3. The van der Waals surface area contributed by atoms with E-state index in [-0.39, 0.29) is 11.6 Å². The maximum Gasteiger partial charge on any atom is 0.209 e. The number of Topliss-reactive ketones (excluding diaryl/α,β-unsaturated/α-hetero) is 1. The Balaban J connectivity index is 2.06. The van der Waals surface area contributed by atoms with E-state index in [4.69, 9.17) is 11.6 Å². The van der Waals surface area contributed by atoms with Crippen molar-refractivity contribution in [3.05, 3.63) is 87.6 Å². The maximum atomic E-state index is 13.4. The van der Waals surface area contributed by atoms with Gasteiger partial charge in [-0.2, -0.15) is 0 Å². The standard InChI is InChI=1S/C18H11BrClFN2O/c19-15-9-12(1-6-16(15)21)10-17(23-8-7-22-11-23)18(24)13-2-4-14(20)5-3-13/h1-11H. The molecule has 120 valence electrons. The summed E-state index contributed by atoms with van der Waals surface area (Å²) in [6.45, 7) is 0.